The number of aromatic nitrogens is 1. The monoisotopic (exact) mass is 266 g/mol. The molecule has 94 valence electrons. The highest BCUT2D eigenvalue weighted by atomic mass is 32.1. The fourth-order valence-electron chi connectivity index (χ4n) is 1.93. The van der Waals surface area contributed by atoms with Crippen molar-refractivity contribution in [2.45, 2.75) is 0 Å². The van der Waals surface area contributed by atoms with Crippen LogP contribution >= 0.6 is 11.3 Å². The Hall–Kier alpha value is -2.13. The smallest absolute Gasteiger partial charge is 0.124 e. The van der Waals surface area contributed by atoms with Gasteiger partial charge in [0.25, 0.3) is 0 Å². The van der Waals surface area contributed by atoms with Gasteiger partial charge in [0.15, 0.2) is 0 Å². The van der Waals surface area contributed by atoms with Gasteiger partial charge in [-0.2, -0.15) is 0 Å². The van der Waals surface area contributed by atoms with E-state index >= 15 is 0 Å². The van der Waals surface area contributed by atoms with Gasteiger partial charge < -0.3 is 5.32 Å². The number of nitrogens with zero attached hydrogens (tertiary/aromatic N) is 1. The van der Waals surface area contributed by atoms with Crippen LogP contribution in [-0.4, -0.2) is 12.0 Å². The number of rotatable bonds is 3. The first kappa shape index (κ1) is 11.9. The van der Waals surface area contributed by atoms with Crippen molar-refractivity contribution in [2.24, 2.45) is 0 Å². The second kappa shape index (κ2) is 5.24. The first-order chi connectivity index (χ1) is 9.36. The van der Waals surface area contributed by atoms with Gasteiger partial charge in [-0.15, -0.1) is 11.3 Å². The molecule has 3 heteroatoms. The van der Waals surface area contributed by atoms with E-state index in [0.29, 0.717) is 0 Å². The summed E-state index contributed by atoms with van der Waals surface area (Å²) in [6.45, 7) is 0. The molecule has 0 fully saturated rings. The number of nitrogens with one attached hydrogen (secondary N) is 1. The summed E-state index contributed by atoms with van der Waals surface area (Å²) in [6, 6.07) is 18.6. The Morgan fingerprint density at radius 3 is 2.32 bits per heavy atom. The molecule has 0 unspecified atom stereocenters. The predicted octanol–water partition coefficient (Wildman–Crippen LogP) is 4.52. The SMILES string of the molecule is CNc1ccc(-c2csc(-c3ccccc3)n2)cc1. The van der Waals surface area contributed by atoms with Gasteiger partial charge in [-0.1, -0.05) is 42.5 Å². The van der Waals surface area contributed by atoms with Gasteiger partial charge >= 0.3 is 0 Å². The van der Waals surface area contributed by atoms with Crippen LogP contribution in [0.25, 0.3) is 21.8 Å². The van der Waals surface area contributed by atoms with Crippen molar-refractivity contribution < 1.29 is 0 Å². The Morgan fingerprint density at radius 2 is 1.63 bits per heavy atom. The molecule has 19 heavy (non-hydrogen) atoms. The molecule has 0 amide bonds. The van der Waals surface area contributed by atoms with Gasteiger partial charge in [0.1, 0.15) is 5.01 Å². The Bertz CT molecular complexity index is 657. The average molecular weight is 266 g/mol. The molecule has 0 bridgehead atoms. The second-order valence-electron chi connectivity index (χ2n) is 4.23. The van der Waals surface area contributed by atoms with E-state index in [-0.39, 0.29) is 0 Å². The number of benzene rings is 2. The van der Waals surface area contributed by atoms with Crippen LogP contribution in [0.1, 0.15) is 0 Å². The van der Waals surface area contributed by atoms with E-state index in [9.17, 15) is 0 Å². The van der Waals surface area contributed by atoms with Crippen LogP contribution < -0.4 is 5.32 Å². The Labute approximate surface area is 116 Å². The summed E-state index contributed by atoms with van der Waals surface area (Å²) < 4.78 is 0. The molecule has 0 radical (unpaired) electrons. The normalized spacial score (nSPS) is 10.4. The molecular formula is C16H14N2S. The van der Waals surface area contributed by atoms with Crippen molar-refractivity contribution in [2.75, 3.05) is 12.4 Å². The van der Waals surface area contributed by atoms with Gasteiger partial charge in [-0.05, 0) is 12.1 Å². The number of hydrogen-bond donors (Lipinski definition) is 1. The lowest BCUT2D eigenvalue weighted by atomic mass is 10.1. The van der Waals surface area contributed by atoms with E-state index in [0.717, 1.165) is 22.0 Å². The molecule has 0 spiro atoms. The Morgan fingerprint density at radius 1 is 0.895 bits per heavy atom. The van der Waals surface area contributed by atoms with Gasteiger partial charge in [0, 0.05) is 29.2 Å². The number of thiazole rings is 1. The summed E-state index contributed by atoms with van der Waals surface area (Å²) in [6.07, 6.45) is 0. The molecule has 3 aromatic rings. The molecular weight excluding hydrogens is 252 g/mol. The molecule has 1 N–H and O–H groups in total. The third-order valence-corrected chi connectivity index (χ3v) is 3.89. The summed E-state index contributed by atoms with van der Waals surface area (Å²) in [7, 11) is 1.92. The van der Waals surface area contributed by atoms with Crippen molar-refractivity contribution in [3.63, 3.8) is 0 Å². The van der Waals surface area contributed by atoms with Crippen molar-refractivity contribution in [1.29, 1.82) is 0 Å². The van der Waals surface area contributed by atoms with Crippen LogP contribution in [0.15, 0.2) is 60.0 Å². The average Bonchev–Trinajstić information content (AvgIpc) is 2.98. The van der Waals surface area contributed by atoms with E-state index in [1.54, 1.807) is 11.3 Å². The molecule has 0 aliphatic heterocycles. The molecule has 3 rings (SSSR count). The van der Waals surface area contributed by atoms with Gasteiger partial charge in [0.2, 0.25) is 0 Å². The minimum absolute atomic E-state index is 1.03. The summed E-state index contributed by atoms with van der Waals surface area (Å²) in [4.78, 5) is 4.70. The zero-order valence-corrected chi connectivity index (χ0v) is 11.4. The highest BCUT2D eigenvalue weighted by molar-refractivity contribution is 7.13. The molecule has 0 atom stereocenters. The van der Waals surface area contributed by atoms with E-state index in [1.807, 2.05) is 25.2 Å². The first-order valence-corrected chi connectivity index (χ1v) is 7.04. The van der Waals surface area contributed by atoms with Crippen LogP contribution in [0.5, 0.6) is 0 Å². The minimum atomic E-state index is 1.03. The third kappa shape index (κ3) is 2.51. The summed E-state index contributed by atoms with van der Waals surface area (Å²) in [5, 5.41) is 6.29. The summed E-state index contributed by atoms with van der Waals surface area (Å²) in [5.74, 6) is 0. The fraction of sp³-hybridized carbons (Fsp3) is 0.0625. The highest BCUT2D eigenvalue weighted by Crippen LogP contribution is 2.29. The highest BCUT2D eigenvalue weighted by Gasteiger charge is 2.06. The predicted molar refractivity (Wildman–Crippen MR) is 82.5 cm³/mol. The first-order valence-electron chi connectivity index (χ1n) is 6.16. The number of hydrogen-bond acceptors (Lipinski definition) is 3. The van der Waals surface area contributed by atoms with Crippen LogP contribution in [0.4, 0.5) is 5.69 Å². The molecule has 2 aromatic carbocycles. The lowest BCUT2D eigenvalue weighted by Crippen LogP contribution is -1.87. The maximum atomic E-state index is 4.70. The van der Waals surface area contributed by atoms with Crippen molar-refractivity contribution in [1.82, 2.24) is 4.98 Å². The van der Waals surface area contributed by atoms with E-state index in [2.05, 4.69) is 47.1 Å². The third-order valence-electron chi connectivity index (χ3n) is 2.99. The molecule has 1 aromatic heterocycles. The van der Waals surface area contributed by atoms with Crippen LogP contribution in [-0.2, 0) is 0 Å². The lowest BCUT2D eigenvalue weighted by molar-refractivity contribution is 1.40. The summed E-state index contributed by atoms with van der Waals surface area (Å²) in [5.41, 5.74) is 4.47. The maximum absolute atomic E-state index is 4.70. The van der Waals surface area contributed by atoms with E-state index in [1.165, 1.54) is 5.56 Å². The van der Waals surface area contributed by atoms with E-state index in [4.69, 9.17) is 4.98 Å². The number of anilines is 1. The van der Waals surface area contributed by atoms with Crippen molar-refractivity contribution in [3.05, 3.63) is 60.0 Å². The quantitative estimate of drug-likeness (QED) is 0.754. The second-order valence-corrected chi connectivity index (χ2v) is 5.09. The molecule has 0 aliphatic carbocycles. The van der Waals surface area contributed by atoms with Gasteiger partial charge in [-0.3, -0.25) is 0 Å². The van der Waals surface area contributed by atoms with Crippen LogP contribution in [0.2, 0.25) is 0 Å². The largest absolute Gasteiger partial charge is 0.388 e. The van der Waals surface area contributed by atoms with Gasteiger partial charge in [0.05, 0.1) is 5.69 Å². The van der Waals surface area contributed by atoms with Crippen LogP contribution in [0, 0.1) is 0 Å². The Kier molecular flexibility index (Phi) is 3.29. The zero-order valence-electron chi connectivity index (χ0n) is 10.6. The molecule has 0 saturated carbocycles. The molecule has 0 saturated heterocycles. The van der Waals surface area contributed by atoms with Gasteiger partial charge in [-0.25, -0.2) is 4.98 Å². The van der Waals surface area contributed by atoms with Crippen LogP contribution in [0.3, 0.4) is 0 Å². The minimum Gasteiger partial charge on any atom is -0.388 e. The van der Waals surface area contributed by atoms with E-state index < -0.39 is 0 Å². The standard InChI is InChI=1S/C16H14N2S/c1-17-14-9-7-12(8-10-14)15-11-19-16(18-15)13-5-3-2-4-6-13/h2-11,17H,1H3. The maximum Gasteiger partial charge on any atom is 0.124 e. The van der Waals surface area contributed by atoms with Crippen molar-refractivity contribution >= 4 is 17.0 Å². The fourth-order valence-corrected chi connectivity index (χ4v) is 2.76. The molecule has 1 heterocycles. The Balaban J connectivity index is 1.92. The van der Waals surface area contributed by atoms with Crippen molar-refractivity contribution in [3.8, 4) is 21.8 Å². The molecule has 0 aliphatic rings. The zero-order chi connectivity index (χ0) is 13.1. The summed E-state index contributed by atoms with van der Waals surface area (Å²) >= 11 is 1.68. The topological polar surface area (TPSA) is 24.9 Å². The lowest BCUT2D eigenvalue weighted by Gasteiger charge is -2.01. The molecule has 2 nitrogen and oxygen atoms in total.